The van der Waals surface area contributed by atoms with E-state index < -0.39 is 8.56 Å². The third-order valence-electron chi connectivity index (χ3n) is 3.26. The van der Waals surface area contributed by atoms with E-state index in [1.807, 2.05) is 0 Å². The van der Waals surface area contributed by atoms with E-state index in [0.29, 0.717) is 0 Å². The molecule has 0 heterocycles. The SMILES string of the molecule is CC[Si](C)(OC)OCCCCCCCCCF. The summed E-state index contributed by atoms with van der Waals surface area (Å²) in [6, 6.07) is 1.01. The van der Waals surface area contributed by atoms with Crippen LogP contribution in [0, 0.1) is 0 Å². The molecule has 0 bridgehead atoms. The molecule has 1 unspecified atom stereocenters. The number of rotatable bonds is 12. The van der Waals surface area contributed by atoms with E-state index in [2.05, 4.69) is 13.5 Å². The summed E-state index contributed by atoms with van der Waals surface area (Å²) < 4.78 is 23.1. The van der Waals surface area contributed by atoms with Crippen LogP contribution in [0.15, 0.2) is 0 Å². The molecule has 0 aromatic rings. The molecular weight excluding hydrogens is 235 g/mol. The first-order valence-corrected chi connectivity index (χ1v) is 9.46. The monoisotopic (exact) mass is 264 g/mol. The predicted molar refractivity (Wildman–Crippen MR) is 73.4 cm³/mol. The maximum Gasteiger partial charge on any atom is 0.334 e. The van der Waals surface area contributed by atoms with Crippen LogP contribution in [-0.4, -0.2) is 29.0 Å². The molecule has 0 saturated heterocycles. The molecule has 0 spiro atoms. The molecular formula is C13H29FO2Si. The zero-order valence-electron chi connectivity index (χ0n) is 11.8. The summed E-state index contributed by atoms with van der Waals surface area (Å²) in [4.78, 5) is 0. The number of unbranched alkanes of at least 4 members (excludes halogenated alkanes) is 6. The fraction of sp³-hybridized carbons (Fsp3) is 1.00. The molecule has 4 heteroatoms. The molecule has 17 heavy (non-hydrogen) atoms. The minimum Gasteiger partial charge on any atom is -0.398 e. The standard InChI is InChI=1S/C13H29FO2Si/c1-4-17(3,15-2)16-13-11-9-7-5-6-8-10-12-14/h4-13H2,1-3H3. The van der Waals surface area contributed by atoms with Gasteiger partial charge in [0.05, 0.1) is 6.67 Å². The van der Waals surface area contributed by atoms with E-state index in [9.17, 15) is 4.39 Å². The fourth-order valence-electron chi connectivity index (χ4n) is 1.67. The molecule has 0 rings (SSSR count). The normalized spacial score (nSPS) is 14.8. The molecule has 0 amide bonds. The molecule has 0 N–H and O–H groups in total. The summed E-state index contributed by atoms with van der Waals surface area (Å²) >= 11 is 0. The van der Waals surface area contributed by atoms with E-state index in [1.165, 1.54) is 25.7 Å². The lowest BCUT2D eigenvalue weighted by Gasteiger charge is -2.23. The van der Waals surface area contributed by atoms with E-state index in [4.69, 9.17) is 8.85 Å². The second-order valence-electron chi connectivity index (χ2n) is 4.70. The summed E-state index contributed by atoms with van der Waals surface area (Å²) in [6.45, 7) is 4.91. The molecule has 0 aliphatic rings. The van der Waals surface area contributed by atoms with Gasteiger partial charge in [-0.2, -0.15) is 0 Å². The summed E-state index contributed by atoms with van der Waals surface area (Å²) in [5, 5.41) is 0. The average molecular weight is 264 g/mol. The highest BCUT2D eigenvalue weighted by molar-refractivity contribution is 6.65. The maximum atomic E-state index is 11.8. The van der Waals surface area contributed by atoms with Crippen LogP contribution in [0.3, 0.4) is 0 Å². The van der Waals surface area contributed by atoms with Gasteiger partial charge in [-0.25, -0.2) is 0 Å². The zero-order valence-corrected chi connectivity index (χ0v) is 12.8. The van der Waals surface area contributed by atoms with Crippen LogP contribution >= 0.6 is 0 Å². The van der Waals surface area contributed by atoms with Crippen LogP contribution in [-0.2, 0) is 8.85 Å². The second-order valence-corrected chi connectivity index (χ2v) is 8.38. The van der Waals surface area contributed by atoms with E-state index in [1.54, 1.807) is 7.11 Å². The highest BCUT2D eigenvalue weighted by atomic mass is 28.4. The number of halogens is 1. The third kappa shape index (κ3) is 9.74. The van der Waals surface area contributed by atoms with Gasteiger partial charge in [-0.3, -0.25) is 4.39 Å². The molecule has 104 valence electrons. The Morgan fingerprint density at radius 1 is 0.941 bits per heavy atom. The van der Waals surface area contributed by atoms with Crippen LogP contribution in [0.25, 0.3) is 0 Å². The molecule has 1 atom stereocenters. The van der Waals surface area contributed by atoms with E-state index >= 15 is 0 Å². The second kappa shape index (κ2) is 11.2. The van der Waals surface area contributed by atoms with Crippen molar-refractivity contribution in [2.24, 2.45) is 0 Å². The van der Waals surface area contributed by atoms with Crippen molar-refractivity contribution < 1.29 is 13.2 Å². The number of hydrogen-bond acceptors (Lipinski definition) is 2. The van der Waals surface area contributed by atoms with E-state index in [-0.39, 0.29) is 6.67 Å². The maximum absolute atomic E-state index is 11.8. The summed E-state index contributed by atoms with van der Waals surface area (Å²) in [5.74, 6) is 0. The van der Waals surface area contributed by atoms with Gasteiger partial charge in [0.2, 0.25) is 0 Å². The first kappa shape index (κ1) is 17.1. The Labute approximate surface area is 107 Å². The van der Waals surface area contributed by atoms with Crippen LogP contribution in [0.2, 0.25) is 12.6 Å². The molecule has 2 nitrogen and oxygen atoms in total. The quantitative estimate of drug-likeness (QED) is 0.383. The van der Waals surface area contributed by atoms with E-state index in [0.717, 1.165) is 31.9 Å². The number of alkyl halides is 1. The van der Waals surface area contributed by atoms with Gasteiger partial charge >= 0.3 is 8.56 Å². The Morgan fingerprint density at radius 3 is 1.94 bits per heavy atom. The van der Waals surface area contributed by atoms with Crippen LogP contribution in [0.5, 0.6) is 0 Å². The van der Waals surface area contributed by atoms with Gasteiger partial charge in [-0.1, -0.05) is 39.0 Å². The molecule has 0 fully saturated rings. The zero-order chi connectivity index (χ0) is 13.0. The van der Waals surface area contributed by atoms with Crippen molar-refractivity contribution in [2.45, 2.75) is 64.5 Å². The smallest absolute Gasteiger partial charge is 0.334 e. The van der Waals surface area contributed by atoms with Gasteiger partial charge in [0.25, 0.3) is 0 Å². The van der Waals surface area contributed by atoms with Crippen LogP contribution in [0.4, 0.5) is 4.39 Å². The van der Waals surface area contributed by atoms with Crippen molar-refractivity contribution >= 4 is 8.56 Å². The summed E-state index contributed by atoms with van der Waals surface area (Å²) in [5.41, 5.74) is 0. The lowest BCUT2D eigenvalue weighted by molar-refractivity contribution is 0.201. The van der Waals surface area contributed by atoms with Gasteiger partial charge < -0.3 is 8.85 Å². The first-order chi connectivity index (χ1) is 8.18. The fourth-order valence-corrected chi connectivity index (χ4v) is 2.86. The minimum absolute atomic E-state index is 0.162. The molecule has 0 radical (unpaired) electrons. The van der Waals surface area contributed by atoms with Crippen molar-refractivity contribution in [1.82, 2.24) is 0 Å². The van der Waals surface area contributed by atoms with Gasteiger partial charge in [-0.15, -0.1) is 0 Å². The van der Waals surface area contributed by atoms with Gasteiger partial charge in [0.1, 0.15) is 0 Å². The summed E-state index contributed by atoms with van der Waals surface area (Å²) in [6.07, 6.45) is 7.75. The Bertz CT molecular complexity index is 163. The van der Waals surface area contributed by atoms with Crippen molar-refractivity contribution in [3.05, 3.63) is 0 Å². The number of hydrogen-bond donors (Lipinski definition) is 0. The first-order valence-electron chi connectivity index (χ1n) is 6.93. The largest absolute Gasteiger partial charge is 0.398 e. The minimum atomic E-state index is -1.83. The van der Waals surface area contributed by atoms with Gasteiger partial charge in [0, 0.05) is 13.7 Å². The molecule has 0 aliphatic carbocycles. The molecule has 0 aromatic heterocycles. The van der Waals surface area contributed by atoms with Crippen molar-refractivity contribution in [3.8, 4) is 0 Å². The molecule has 0 saturated carbocycles. The Hall–Kier alpha value is 0.0669. The third-order valence-corrected chi connectivity index (χ3v) is 6.22. The van der Waals surface area contributed by atoms with Gasteiger partial charge in [-0.05, 0) is 25.4 Å². The lowest BCUT2D eigenvalue weighted by atomic mass is 10.1. The highest BCUT2D eigenvalue weighted by Gasteiger charge is 2.26. The van der Waals surface area contributed by atoms with Crippen LogP contribution in [0.1, 0.15) is 51.9 Å². The van der Waals surface area contributed by atoms with Crippen LogP contribution < -0.4 is 0 Å². The average Bonchev–Trinajstić information content (AvgIpc) is 2.36. The lowest BCUT2D eigenvalue weighted by Crippen LogP contribution is -2.36. The highest BCUT2D eigenvalue weighted by Crippen LogP contribution is 2.13. The topological polar surface area (TPSA) is 18.5 Å². The Kier molecular flexibility index (Phi) is 11.2. The summed E-state index contributed by atoms with van der Waals surface area (Å²) in [7, 11) is -0.0745. The molecule has 0 aliphatic heterocycles. The Morgan fingerprint density at radius 2 is 1.47 bits per heavy atom. The predicted octanol–water partition coefficient (Wildman–Crippen LogP) is 4.44. The Balaban J connectivity index is 3.23. The van der Waals surface area contributed by atoms with Crippen molar-refractivity contribution in [3.63, 3.8) is 0 Å². The van der Waals surface area contributed by atoms with Crippen molar-refractivity contribution in [2.75, 3.05) is 20.4 Å². The molecule has 0 aromatic carbocycles. The van der Waals surface area contributed by atoms with Crippen molar-refractivity contribution in [1.29, 1.82) is 0 Å². The van der Waals surface area contributed by atoms with Gasteiger partial charge in [0.15, 0.2) is 0 Å².